The van der Waals surface area contributed by atoms with Crippen LogP contribution in [-0.4, -0.2) is 58.8 Å². The average molecular weight is 435 g/mol. The molecule has 0 bridgehead atoms. The van der Waals surface area contributed by atoms with Crippen molar-refractivity contribution in [2.75, 3.05) is 38.3 Å². The van der Waals surface area contributed by atoms with Crippen LogP contribution in [0.5, 0.6) is 5.75 Å². The second kappa shape index (κ2) is 9.88. The van der Waals surface area contributed by atoms with Gasteiger partial charge in [0.05, 0.1) is 31.3 Å². The average Bonchev–Trinajstić information content (AvgIpc) is 2.78. The monoisotopic (exact) mass is 434 g/mol. The molecule has 1 aromatic heterocycles. The SMILES string of the molecule is COc1ccc(S(=O)(=O)N[C@@H](C)C(=O)NCc2cccnc2N2CCOCC2)cc1. The van der Waals surface area contributed by atoms with Crippen LogP contribution < -0.4 is 19.7 Å². The molecule has 0 saturated carbocycles. The van der Waals surface area contributed by atoms with Crippen LogP contribution in [0, 0.1) is 0 Å². The maximum atomic E-state index is 12.5. The van der Waals surface area contributed by atoms with Crippen LogP contribution in [-0.2, 0) is 26.1 Å². The molecule has 1 aliphatic rings. The van der Waals surface area contributed by atoms with Crippen LogP contribution in [0.4, 0.5) is 5.82 Å². The molecule has 2 aromatic rings. The fraction of sp³-hybridized carbons (Fsp3) is 0.400. The van der Waals surface area contributed by atoms with E-state index in [4.69, 9.17) is 9.47 Å². The Kier molecular flexibility index (Phi) is 7.24. The highest BCUT2D eigenvalue weighted by molar-refractivity contribution is 7.89. The number of amides is 1. The number of rotatable bonds is 8. The topological polar surface area (TPSA) is 110 Å². The molecule has 9 nitrogen and oxygen atoms in total. The summed E-state index contributed by atoms with van der Waals surface area (Å²) in [5, 5.41) is 2.79. The number of sulfonamides is 1. The fourth-order valence-electron chi connectivity index (χ4n) is 3.07. The zero-order valence-electron chi connectivity index (χ0n) is 17.0. The summed E-state index contributed by atoms with van der Waals surface area (Å²) in [6.07, 6.45) is 1.71. The highest BCUT2D eigenvalue weighted by atomic mass is 32.2. The van der Waals surface area contributed by atoms with Crippen LogP contribution in [0.2, 0.25) is 0 Å². The van der Waals surface area contributed by atoms with Crippen molar-refractivity contribution in [2.45, 2.75) is 24.4 Å². The first kappa shape index (κ1) is 22.0. The van der Waals surface area contributed by atoms with Crippen molar-refractivity contribution in [3.8, 4) is 5.75 Å². The first-order valence-corrected chi connectivity index (χ1v) is 11.1. The minimum atomic E-state index is -3.84. The maximum absolute atomic E-state index is 12.5. The van der Waals surface area contributed by atoms with E-state index in [-0.39, 0.29) is 11.4 Å². The van der Waals surface area contributed by atoms with Gasteiger partial charge >= 0.3 is 0 Å². The summed E-state index contributed by atoms with van der Waals surface area (Å²) >= 11 is 0. The Morgan fingerprint density at radius 1 is 1.23 bits per heavy atom. The van der Waals surface area contributed by atoms with Crippen molar-refractivity contribution < 1.29 is 22.7 Å². The molecule has 2 N–H and O–H groups in total. The van der Waals surface area contributed by atoms with Gasteiger partial charge < -0.3 is 19.7 Å². The number of ether oxygens (including phenoxy) is 2. The predicted molar refractivity (Wildman–Crippen MR) is 112 cm³/mol. The molecular formula is C20H26N4O5S. The molecule has 1 atom stereocenters. The third kappa shape index (κ3) is 5.47. The van der Waals surface area contributed by atoms with Crippen LogP contribution in [0.3, 0.4) is 0 Å². The smallest absolute Gasteiger partial charge is 0.241 e. The van der Waals surface area contributed by atoms with Crippen molar-refractivity contribution >= 4 is 21.7 Å². The number of aromatic nitrogens is 1. The van der Waals surface area contributed by atoms with Crippen LogP contribution in [0.25, 0.3) is 0 Å². The van der Waals surface area contributed by atoms with Crippen molar-refractivity contribution in [2.24, 2.45) is 0 Å². The molecule has 1 amide bonds. The lowest BCUT2D eigenvalue weighted by molar-refractivity contribution is -0.122. The number of anilines is 1. The highest BCUT2D eigenvalue weighted by Gasteiger charge is 2.23. The molecule has 0 aliphatic carbocycles. The summed E-state index contributed by atoms with van der Waals surface area (Å²) in [4.78, 5) is 19.1. The van der Waals surface area contributed by atoms with E-state index in [1.165, 1.54) is 26.2 Å². The molecule has 3 rings (SSSR count). The van der Waals surface area contributed by atoms with Crippen LogP contribution in [0.1, 0.15) is 12.5 Å². The Hall–Kier alpha value is -2.69. The number of hydrogen-bond donors (Lipinski definition) is 2. The number of methoxy groups -OCH3 is 1. The molecule has 1 aliphatic heterocycles. The second-order valence-electron chi connectivity index (χ2n) is 6.82. The molecule has 1 saturated heterocycles. The van der Waals surface area contributed by atoms with Gasteiger partial charge in [-0.2, -0.15) is 4.72 Å². The number of nitrogens with zero attached hydrogens (tertiary/aromatic N) is 2. The summed E-state index contributed by atoms with van der Waals surface area (Å²) in [7, 11) is -2.34. The predicted octanol–water partition coefficient (Wildman–Crippen LogP) is 0.910. The standard InChI is InChI=1S/C20H26N4O5S/c1-15(23-30(26,27)18-7-5-17(28-2)6-8-18)20(25)22-14-16-4-3-9-21-19(16)24-10-12-29-13-11-24/h3-9,15,23H,10-14H2,1-2H3,(H,22,25)/t15-/m0/s1. The van der Waals surface area contributed by atoms with Crippen molar-refractivity contribution in [1.29, 1.82) is 0 Å². The van der Waals surface area contributed by atoms with E-state index >= 15 is 0 Å². The molecule has 162 valence electrons. The summed E-state index contributed by atoms with van der Waals surface area (Å²) in [5.74, 6) is 0.920. The maximum Gasteiger partial charge on any atom is 0.241 e. The van der Waals surface area contributed by atoms with E-state index in [2.05, 4.69) is 19.9 Å². The Bertz CT molecular complexity index is 959. The van der Waals surface area contributed by atoms with Gasteiger partial charge in [-0.05, 0) is 37.3 Å². The first-order chi connectivity index (χ1) is 14.4. The van der Waals surface area contributed by atoms with Crippen LogP contribution in [0.15, 0.2) is 47.5 Å². The molecule has 10 heteroatoms. The number of hydrogen-bond acceptors (Lipinski definition) is 7. The lowest BCUT2D eigenvalue weighted by atomic mass is 10.2. The minimum Gasteiger partial charge on any atom is -0.497 e. The van der Waals surface area contributed by atoms with E-state index in [0.29, 0.717) is 19.0 Å². The molecule has 1 aromatic carbocycles. The van der Waals surface area contributed by atoms with Gasteiger partial charge in [0.1, 0.15) is 11.6 Å². The van der Waals surface area contributed by atoms with Gasteiger partial charge in [-0.25, -0.2) is 13.4 Å². The summed E-state index contributed by atoms with van der Waals surface area (Å²) < 4.78 is 37.9. The van der Waals surface area contributed by atoms with Crippen LogP contribution >= 0.6 is 0 Å². The van der Waals surface area contributed by atoms with Gasteiger partial charge in [0, 0.05) is 31.4 Å². The molecule has 0 unspecified atom stereocenters. The Morgan fingerprint density at radius 2 is 1.93 bits per heavy atom. The normalized spacial score (nSPS) is 15.5. The first-order valence-electron chi connectivity index (χ1n) is 9.61. The number of morpholine rings is 1. The van der Waals surface area contributed by atoms with Crippen molar-refractivity contribution in [3.63, 3.8) is 0 Å². The molecule has 2 heterocycles. The molecule has 0 radical (unpaired) electrons. The number of benzene rings is 1. The van der Waals surface area contributed by atoms with E-state index in [0.717, 1.165) is 24.5 Å². The number of carbonyl (C=O) groups is 1. The van der Waals surface area contributed by atoms with E-state index < -0.39 is 22.0 Å². The van der Waals surface area contributed by atoms with Gasteiger partial charge in [-0.1, -0.05) is 6.07 Å². The number of pyridine rings is 1. The van der Waals surface area contributed by atoms with Gasteiger partial charge in [0.15, 0.2) is 0 Å². The molecule has 30 heavy (non-hydrogen) atoms. The molecule has 0 spiro atoms. The fourth-order valence-corrected chi connectivity index (χ4v) is 4.28. The van der Waals surface area contributed by atoms with E-state index in [1.807, 2.05) is 6.07 Å². The number of carbonyl (C=O) groups excluding carboxylic acids is 1. The lowest BCUT2D eigenvalue weighted by Crippen LogP contribution is -2.44. The van der Waals surface area contributed by atoms with Crippen molar-refractivity contribution in [1.82, 2.24) is 15.0 Å². The summed E-state index contributed by atoms with van der Waals surface area (Å²) in [6.45, 7) is 4.47. The minimum absolute atomic E-state index is 0.0600. The summed E-state index contributed by atoms with van der Waals surface area (Å²) in [6, 6.07) is 8.71. The lowest BCUT2D eigenvalue weighted by Gasteiger charge is -2.29. The van der Waals surface area contributed by atoms with E-state index in [1.54, 1.807) is 24.4 Å². The Morgan fingerprint density at radius 3 is 2.60 bits per heavy atom. The Labute approximate surface area is 176 Å². The largest absolute Gasteiger partial charge is 0.497 e. The second-order valence-corrected chi connectivity index (χ2v) is 8.54. The third-order valence-electron chi connectivity index (χ3n) is 4.73. The zero-order chi connectivity index (χ0) is 21.6. The summed E-state index contributed by atoms with van der Waals surface area (Å²) in [5.41, 5.74) is 0.859. The van der Waals surface area contributed by atoms with E-state index in [9.17, 15) is 13.2 Å². The third-order valence-corrected chi connectivity index (χ3v) is 6.28. The molecular weight excluding hydrogens is 408 g/mol. The quantitative estimate of drug-likeness (QED) is 0.635. The Balaban J connectivity index is 1.61. The van der Waals surface area contributed by atoms with Crippen molar-refractivity contribution in [3.05, 3.63) is 48.2 Å². The zero-order valence-corrected chi connectivity index (χ0v) is 17.8. The van der Waals surface area contributed by atoms with Gasteiger partial charge in [-0.15, -0.1) is 0 Å². The van der Waals surface area contributed by atoms with Gasteiger partial charge in [0.2, 0.25) is 15.9 Å². The number of nitrogens with one attached hydrogen (secondary N) is 2. The highest BCUT2D eigenvalue weighted by Crippen LogP contribution is 2.18. The van der Waals surface area contributed by atoms with Gasteiger partial charge in [0.25, 0.3) is 0 Å². The molecule has 1 fully saturated rings. The van der Waals surface area contributed by atoms with Gasteiger partial charge in [-0.3, -0.25) is 4.79 Å².